The standard InChI is InChI=1S/C14H25N5O/c1-2-15-14(17-12-13-6-3-11-20-13)16-7-4-9-19-10-5-8-18-19/h5,8,10,13H,2-4,6-7,9,11-12H2,1H3,(H2,15,16,17). The average Bonchev–Trinajstić information content (AvgIpc) is 3.13. The van der Waals surface area contributed by atoms with Crippen LogP contribution in [0.25, 0.3) is 0 Å². The van der Waals surface area contributed by atoms with Gasteiger partial charge in [0.05, 0.1) is 12.6 Å². The fraction of sp³-hybridized carbons (Fsp3) is 0.714. The van der Waals surface area contributed by atoms with Crippen LogP contribution < -0.4 is 10.6 Å². The number of aliphatic imine (C=N–C) groups is 1. The van der Waals surface area contributed by atoms with Gasteiger partial charge in [0.2, 0.25) is 0 Å². The molecule has 0 aliphatic carbocycles. The van der Waals surface area contributed by atoms with Crippen LogP contribution in [0.5, 0.6) is 0 Å². The van der Waals surface area contributed by atoms with Crippen molar-refractivity contribution in [2.45, 2.75) is 38.8 Å². The fourth-order valence-corrected chi connectivity index (χ4v) is 2.20. The summed E-state index contributed by atoms with van der Waals surface area (Å²) in [4.78, 5) is 4.58. The molecule has 1 fully saturated rings. The first-order valence-electron chi connectivity index (χ1n) is 7.49. The Bertz CT molecular complexity index is 384. The number of rotatable bonds is 7. The highest BCUT2D eigenvalue weighted by molar-refractivity contribution is 5.79. The Morgan fingerprint density at radius 3 is 3.15 bits per heavy atom. The molecule has 0 amide bonds. The molecule has 1 aliphatic rings. The summed E-state index contributed by atoms with van der Waals surface area (Å²) in [5, 5.41) is 10.8. The normalized spacial score (nSPS) is 19.2. The van der Waals surface area contributed by atoms with E-state index in [1.54, 1.807) is 6.20 Å². The number of ether oxygens (including phenoxy) is 1. The van der Waals surface area contributed by atoms with E-state index in [0.29, 0.717) is 6.10 Å². The van der Waals surface area contributed by atoms with Gasteiger partial charge in [-0.2, -0.15) is 5.10 Å². The molecule has 1 aromatic heterocycles. The lowest BCUT2D eigenvalue weighted by Crippen LogP contribution is -2.38. The second-order valence-corrected chi connectivity index (χ2v) is 4.90. The van der Waals surface area contributed by atoms with E-state index in [4.69, 9.17) is 4.74 Å². The number of nitrogens with one attached hydrogen (secondary N) is 2. The summed E-state index contributed by atoms with van der Waals surface area (Å²) in [6.45, 7) is 6.38. The van der Waals surface area contributed by atoms with Crippen molar-refractivity contribution in [3.8, 4) is 0 Å². The Hall–Kier alpha value is -1.56. The van der Waals surface area contributed by atoms with Gasteiger partial charge in [0.25, 0.3) is 0 Å². The molecule has 2 heterocycles. The lowest BCUT2D eigenvalue weighted by Gasteiger charge is -2.12. The summed E-state index contributed by atoms with van der Waals surface area (Å²) in [6, 6.07) is 1.94. The highest BCUT2D eigenvalue weighted by Gasteiger charge is 2.14. The molecule has 112 valence electrons. The molecule has 2 rings (SSSR count). The van der Waals surface area contributed by atoms with Gasteiger partial charge >= 0.3 is 0 Å². The molecule has 1 atom stereocenters. The zero-order valence-corrected chi connectivity index (χ0v) is 12.2. The minimum absolute atomic E-state index is 0.300. The van der Waals surface area contributed by atoms with Crippen molar-refractivity contribution in [1.29, 1.82) is 0 Å². The van der Waals surface area contributed by atoms with Crippen molar-refractivity contribution in [1.82, 2.24) is 20.4 Å². The van der Waals surface area contributed by atoms with E-state index < -0.39 is 0 Å². The molecular weight excluding hydrogens is 254 g/mol. The van der Waals surface area contributed by atoms with Gasteiger partial charge in [-0.25, -0.2) is 0 Å². The highest BCUT2D eigenvalue weighted by atomic mass is 16.5. The molecule has 2 N–H and O–H groups in total. The maximum atomic E-state index is 5.58. The van der Waals surface area contributed by atoms with Crippen LogP contribution in [0.4, 0.5) is 0 Å². The first-order valence-corrected chi connectivity index (χ1v) is 7.49. The third-order valence-corrected chi connectivity index (χ3v) is 3.24. The SMILES string of the molecule is CCNC(=NCC1CCCO1)NCCCn1cccn1. The summed E-state index contributed by atoms with van der Waals surface area (Å²) in [5.41, 5.74) is 0. The smallest absolute Gasteiger partial charge is 0.191 e. The molecule has 6 heteroatoms. The predicted molar refractivity (Wildman–Crippen MR) is 79.8 cm³/mol. The molecule has 0 spiro atoms. The quantitative estimate of drug-likeness (QED) is 0.444. The fourth-order valence-electron chi connectivity index (χ4n) is 2.20. The zero-order chi connectivity index (χ0) is 14.0. The van der Waals surface area contributed by atoms with Crippen LogP contribution in [-0.4, -0.2) is 48.1 Å². The van der Waals surface area contributed by atoms with Gasteiger partial charge < -0.3 is 15.4 Å². The van der Waals surface area contributed by atoms with Crippen molar-refractivity contribution in [3.63, 3.8) is 0 Å². The average molecular weight is 279 g/mol. The van der Waals surface area contributed by atoms with Crippen molar-refractivity contribution in [3.05, 3.63) is 18.5 Å². The van der Waals surface area contributed by atoms with Crippen LogP contribution in [0.3, 0.4) is 0 Å². The lowest BCUT2D eigenvalue weighted by atomic mass is 10.2. The van der Waals surface area contributed by atoms with E-state index in [1.807, 2.05) is 16.9 Å². The lowest BCUT2D eigenvalue weighted by molar-refractivity contribution is 0.117. The second-order valence-electron chi connectivity index (χ2n) is 4.90. The first kappa shape index (κ1) is 14.8. The van der Waals surface area contributed by atoms with Gasteiger partial charge in [-0.05, 0) is 32.3 Å². The minimum Gasteiger partial charge on any atom is -0.376 e. The van der Waals surface area contributed by atoms with Crippen molar-refractivity contribution in [2.75, 3.05) is 26.2 Å². The number of aromatic nitrogens is 2. The Morgan fingerprint density at radius 1 is 1.50 bits per heavy atom. The van der Waals surface area contributed by atoms with Crippen molar-refractivity contribution in [2.24, 2.45) is 4.99 Å². The minimum atomic E-state index is 0.300. The van der Waals surface area contributed by atoms with E-state index in [9.17, 15) is 0 Å². The monoisotopic (exact) mass is 279 g/mol. The molecular formula is C14H25N5O. The molecule has 20 heavy (non-hydrogen) atoms. The largest absolute Gasteiger partial charge is 0.376 e. The van der Waals surface area contributed by atoms with Crippen LogP contribution >= 0.6 is 0 Å². The summed E-state index contributed by atoms with van der Waals surface area (Å²) in [7, 11) is 0. The van der Waals surface area contributed by atoms with E-state index in [0.717, 1.165) is 58.0 Å². The number of aryl methyl sites for hydroxylation is 1. The highest BCUT2D eigenvalue weighted by Crippen LogP contribution is 2.11. The Morgan fingerprint density at radius 2 is 2.45 bits per heavy atom. The van der Waals surface area contributed by atoms with Crippen LogP contribution in [0.1, 0.15) is 26.2 Å². The predicted octanol–water partition coefficient (Wildman–Crippen LogP) is 1.01. The van der Waals surface area contributed by atoms with E-state index in [-0.39, 0.29) is 0 Å². The van der Waals surface area contributed by atoms with Gasteiger partial charge in [-0.15, -0.1) is 0 Å². The Kier molecular flexibility index (Phi) is 6.37. The van der Waals surface area contributed by atoms with Crippen molar-refractivity contribution < 1.29 is 4.74 Å². The second kappa shape index (κ2) is 8.58. The van der Waals surface area contributed by atoms with Crippen molar-refractivity contribution >= 4 is 5.96 Å². The summed E-state index contributed by atoms with van der Waals surface area (Å²) in [6.07, 6.45) is 7.40. The number of guanidine groups is 1. The van der Waals surface area contributed by atoms with Gasteiger partial charge in [0, 0.05) is 38.6 Å². The Balaban J connectivity index is 1.66. The molecule has 0 bridgehead atoms. The maximum Gasteiger partial charge on any atom is 0.191 e. The molecule has 1 aliphatic heterocycles. The molecule has 0 radical (unpaired) electrons. The summed E-state index contributed by atoms with van der Waals surface area (Å²) in [5.74, 6) is 0.878. The summed E-state index contributed by atoms with van der Waals surface area (Å²) >= 11 is 0. The van der Waals surface area contributed by atoms with Gasteiger partial charge in [0.1, 0.15) is 0 Å². The molecule has 0 aromatic carbocycles. The number of hydrogen-bond donors (Lipinski definition) is 2. The van der Waals surface area contributed by atoms with E-state index in [2.05, 4.69) is 27.6 Å². The topological polar surface area (TPSA) is 63.5 Å². The van der Waals surface area contributed by atoms with Gasteiger partial charge in [0.15, 0.2) is 5.96 Å². The summed E-state index contributed by atoms with van der Waals surface area (Å²) < 4.78 is 7.52. The zero-order valence-electron chi connectivity index (χ0n) is 12.2. The first-order chi connectivity index (χ1) is 9.88. The molecule has 1 aromatic rings. The van der Waals surface area contributed by atoms with Crippen LogP contribution in [0.2, 0.25) is 0 Å². The van der Waals surface area contributed by atoms with Gasteiger partial charge in [-0.1, -0.05) is 0 Å². The maximum absolute atomic E-state index is 5.58. The van der Waals surface area contributed by atoms with Crippen LogP contribution in [0.15, 0.2) is 23.5 Å². The van der Waals surface area contributed by atoms with E-state index in [1.165, 1.54) is 0 Å². The van der Waals surface area contributed by atoms with Gasteiger partial charge in [-0.3, -0.25) is 9.67 Å². The Labute approximate surface area is 120 Å². The molecule has 1 unspecified atom stereocenters. The molecule has 6 nitrogen and oxygen atoms in total. The molecule has 0 saturated carbocycles. The van der Waals surface area contributed by atoms with E-state index >= 15 is 0 Å². The van der Waals surface area contributed by atoms with Crippen LogP contribution in [0, 0.1) is 0 Å². The third kappa shape index (κ3) is 5.21. The molecule has 1 saturated heterocycles. The van der Waals surface area contributed by atoms with Crippen LogP contribution in [-0.2, 0) is 11.3 Å². The number of nitrogens with zero attached hydrogens (tertiary/aromatic N) is 3. The third-order valence-electron chi connectivity index (χ3n) is 3.24. The number of hydrogen-bond acceptors (Lipinski definition) is 3.